The van der Waals surface area contributed by atoms with Crippen LogP contribution in [0, 0.1) is 45.3 Å². The van der Waals surface area contributed by atoms with Crippen LogP contribution in [0.15, 0.2) is 23.0 Å². The Morgan fingerprint density at radius 1 is 1.00 bits per heavy atom. The second-order valence-electron chi connectivity index (χ2n) is 15.4. The van der Waals surface area contributed by atoms with E-state index >= 15 is 0 Å². The number of aliphatic hydroxyl groups is 2. The Balaban J connectivity index is 1.53. The number of ketones is 2. The molecular weight excluding hydrogens is 612 g/mol. The number of Topliss-reactive ketones (excluding diaryl/α,β-unsaturated/α-hetero) is 2. The van der Waals surface area contributed by atoms with Gasteiger partial charge in [0.2, 0.25) is 6.29 Å². The number of ether oxygens (including phenoxy) is 4. The molecule has 12 nitrogen and oxygen atoms in total. The fourth-order valence-electron chi connectivity index (χ4n) is 11.0. The molecule has 14 atom stereocenters. The maximum atomic E-state index is 14.8. The molecule has 1 aromatic rings. The minimum Gasteiger partial charge on any atom is -0.472 e. The molecule has 2 heterocycles. The third-order valence-electron chi connectivity index (χ3n) is 13.0. The standard InChI is InChI=1S/C35H46O12/c1-8-16(2)30(42)47-31-34(7)23-12-24(40)33(6)22-11-20(38)25(19-9-10-43-14-19)32(22,5)13-21(39)27(33)35(23,15-44-31)28(41)26(45-17(3)36)29(34)46-18(4)37/h9-10,14,16,22-29,31,40-41H,8,11-13,15H2,1-7H3. The first-order chi connectivity index (χ1) is 22.0. The van der Waals surface area contributed by atoms with Gasteiger partial charge in [-0.25, -0.2) is 0 Å². The highest BCUT2D eigenvalue weighted by Crippen LogP contribution is 2.75. The van der Waals surface area contributed by atoms with Gasteiger partial charge in [0.15, 0.2) is 12.2 Å². The molecule has 47 heavy (non-hydrogen) atoms. The Labute approximate surface area is 273 Å². The van der Waals surface area contributed by atoms with Crippen molar-refractivity contribution < 1.29 is 57.6 Å². The third kappa shape index (κ3) is 4.46. The summed E-state index contributed by atoms with van der Waals surface area (Å²) in [5.74, 6) is -5.76. The molecule has 1 aliphatic heterocycles. The smallest absolute Gasteiger partial charge is 0.310 e. The quantitative estimate of drug-likeness (QED) is 0.338. The van der Waals surface area contributed by atoms with Crippen molar-refractivity contribution >= 4 is 29.5 Å². The zero-order chi connectivity index (χ0) is 34.4. The van der Waals surface area contributed by atoms with Crippen LogP contribution in [0.5, 0.6) is 0 Å². The lowest BCUT2D eigenvalue weighted by Gasteiger charge is -2.73. The highest BCUT2D eigenvalue weighted by Gasteiger charge is 2.82. The van der Waals surface area contributed by atoms with Crippen molar-refractivity contribution in [2.45, 2.75) is 111 Å². The summed E-state index contributed by atoms with van der Waals surface area (Å²) in [5.41, 5.74) is -4.33. The average molecular weight is 659 g/mol. The van der Waals surface area contributed by atoms with E-state index in [-0.39, 0.29) is 37.4 Å². The van der Waals surface area contributed by atoms with Gasteiger partial charge in [0.1, 0.15) is 17.7 Å². The van der Waals surface area contributed by atoms with Crippen LogP contribution in [0.4, 0.5) is 0 Å². The number of carbonyl (C=O) groups is 5. The second kappa shape index (κ2) is 11.2. The number of rotatable bonds is 6. The summed E-state index contributed by atoms with van der Waals surface area (Å²) in [6, 6.07) is 1.73. The summed E-state index contributed by atoms with van der Waals surface area (Å²) in [4.78, 5) is 66.9. The van der Waals surface area contributed by atoms with Gasteiger partial charge < -0.3 is 33.6 Å². The number of aliphatic hydroxyl groups excluding tert-OH is 2. The molecule has 12 heteroatoms. The van der Waals surface area contributed by atoms with Crippen LogP contribution in [0.3, 0.4) is 0 Å². The van der Waals surface area contributed by atoms with E-state index in [1.54, 1.807) is 19.9 Å². The highest BCUT2D eigenvalue weighted by atomic mass is 16.7. The minimum absolute atomic E-state index is 0.0102. The van der Waals surface area contributed by atoms with E-state index in [0.29, 0.717) is 12.0 Å². The monoisotopic (exact) mass is 658 g/mol. The number of carbonyl (C=O) groups excluding carboxylic acids is 5. The zero-order valence-corrected chi connectivity index (χ0v) is 28.0. The van der Waals surface area contributed by atoms with E-state index in [2.05, 4.69) is 0 Å². The van der Waals surface area contributed by atoms with Crippen molar-refractivity contribution in [2.24, 2.45) is 45.3 Å². The van der Waals surface area contributed by atoms with Gasteiger partial charge in [-0.05, 0) is 43.1 Å². The Hall–Kier alpha value is -3.09. The van der Waals surface area contributed by atoms with E-state index in [1.165, 1.54) is 26.4 Å². The lowest BCUT2D eigenvalue weighted by molar-refractivity contribution is -0.388. The number of esters is 3. The van der Waals surface area contributed by atoms with Crippen LogP contribution >= 0.6 is 0 Å². The van der Waals surface area contributed by atoms with Crippen LogP contribution < -0.4 is 0 Å². The van der Waals surface area contributed by atoms with Gasteiger partial charge in [-0.15, -0.1) is 0 Å². The molecule has 4 saturated carbocycles. The average Bonchev–Trinajstić information content (AvgIpc) is 3.60. The Morgan fingerprint density at radius 3 is 2.28 bits per heavy atom. The molecule has 5 aliphatic rings. The fraction of sp³-hybridized carbons (Fsp3) is 0.743. The molecule has 1 aromatic heterocycles. The van der Waals surface area contributed by atoms with E-state index in [1.807, 2.05) is 20.8 Å². The summed E-state index contributed by atoms with van der Waals surface area (Å²) in [5, 5.41) is 24.8. The molecule has 14 unspecified atom stereocenters. The van der Waals surface area contributed by atoms with Gasteiger partial charge in [0, 0.05) is 49.0 Å². The first-order valence-corrected chi connectivity index (χ1v) is 16.6. The van der Waals surface area contributed by atoms with Crippen molar-refractivity contribution in [3.8, 4) is 0 Å². The zero-order valence-electron chi connectivity index (χ0n) is 28.0. The largest absolute Gasteiger partial charge is 0.472 e. The third-order valence-corrected chi connectivity index (χ3v) is 13.0. The van der Waals surface area contributed by atoms with Crippen molar-refractivity contribution in [3.63, 3.8) is 0 Å². The van der Waals surface area contributed by atoms with Crippen molar-refractivity contribution in [1.82, 2.24) is 0 Å². The Bertz CT molecular complexity index is 1470. The molecule has 2 bridgehead atoms. The lowest BCUT2D eigenvalue weighted by Crippen LogP contribution is -2.82. The van der Waals surface area contributed by atoms with E-state index in [4.69, 9.17) is 23.4 Å². The van der Waals surface area contributed by atoms with Crippen LogP contribution in [0.1, 0.15) is 85.6 Å². The molecule has 0 amide bonds. The summed E-state index contributed by atoms with van der Waals surface area (Å²) < 4.78 is 29.2. The molecule has 2 N–H and O–H groups in total. The van der Waals surface area contributed by atoms with Gasteiger partial charge >= 0.3 is 17.9 Å². The van der Waals surface area contributed by atoms with E-state index in [0.717, 1.165) is 0 Å². The predicted molar refractivity (Wildman–Crippen MR) is 161 cm³/mol. The van der Waals surface area contributed by atoms with Crippen LogP contribution in [0.2, 0.25) is 0 Å². The summed E-state index contributed by atoms with van der Waals surface area (Å²) in [7, 11) is 0. The number of hydrogen-bond acceptors (Lipinski definition) is 12. The normalized spacial score (nSPS) is 46.0. The van der Waals surface area contributed by atoms with Gasteiger partial charge in [-0.2, -0.15) is 0 Å². The maximum absolute atomic E-state index is 14.8. The summed E-state index contributed by atoms with van der Waals surface area (Å²) in [6.07, 6.45) is -3.24. The second-order valence-corrected chi connectivity index (χ2v) is 15.4. The van der Waals surface area contributed by atoms with Crippen LogP contribution in [-0.2, 0) is 42.9 Å². The maximum Gasteiger partial charge on any atom is 0.310 e. The van der Waals surface area contributed by atoms with Gasteiger partial charge in [0.05, 0.1) is 42.5 Å². The topological polar surface area (TPSA) is 176 Å². The van der Waals surface area contributed by atoms with E-state index < -0.39 is 99.9 Å². The number of furan rings is 1. The molecular formula is C35H46O12. The lowest BCUT2D eigenvalue weighted by atomic mass is 9.34. The number of hydrogen-bond donors (Lipinski definition) is 2. The Morgan fingerprint density at radius 2 is 1.68 bits per heavy atom. The molecule has 0 radical (unpaired) electrons. The first kappa shape index (κ1) is 33.8. The summed E-state index contributed by atoms with van der Waals surface area (Å²) >= 11 is 0. The molecule has 258 valence electrons. The molecule has 1 saturated heterocycles. The highest BCUT2D eigenvalue weighted by molar-refractivity contribution is 5.94. The van der Waals surface area contributed by atoms with E-state index in [9.17, 15) is 34.2 Å². The van der Waals surface area contributed by atoms with Gasteiger partial charge in [-0.3, -0.25) is 24.0 Å². The molecule has 5 fully saturated rings. The van der Waals surface area contributed by atoms with Gasteiger partial charge in [0.25, 0.3) is 0 Å². The fourth-order valence-corrected chi connectivity index (χ4v) is 11.0. The van der Waals surface area contributed by atoms with Crippen LogP contribution in [-0.4, -0.2) is 77.0 Å². The van der Waals surface area contributed by atoms with Crippen LogP contribution in [0.25, 0.3) is 0 Å². The van der Waals surface area contributed by atoms with Crippen molar-refractivity contribution in [2.75, 3.05) is 6.61 Å². The molecule has 0 aromatic carbocycles. The SMILES string of the molecule is CCC(C)C(=O)OC1OCC23C(O)C(OC(C)=O)C(OC(C)=O)C1(C)C2CC(O)C1(C)C2CC(=O)C(c4ccoc4)C2(C)CC(=O)C13. The molecule has 0 spiro atoms. The minimum atomic E-state index is -1.58. The first-order valence-electron chi connectivity index (χ1n) is 16.6. The van der Waals surface area contributed by atoms with Gasteiger partial charge in [-0.1, -0.05) is 27.7 Å². The van der Waals surface area contributed by atoms with Crippen molar-refractivity contribution in [1.29, 1.82) is 0 Å². The molecule has 4 aliphatic carbocycles. The Kier molecular flexibility index (Phi) is 8.08. The van der Waals surface area contributed by atoms with Crippen molar-refractivity contribution in [3.05, 3.63) is 24.2 Å². The molecule has 6 rings (SSSR count). The predicted octanol–water partition coefficient (Wildman–Crippen LogP) is 3.11. The summed E-state index contributed by atoms with van der Waals surface area (Å²) in [6.45, 7) is 11.0. The number of fused-ring (bicyclic) bond motifs is 3.